The van der Waals surface area contributed by atoms with E-state index in [0.29, 0.717) is 8.95 Å². The fourth-order valence-electron chi connectivity index (χ4n) is 2.56. The number of anilines is 2. The maximum absolute atomic E-state index is 12.8. The predicted octanol–water partition coefficient (Wildman–Crippen LogP) is 5.43. The molecule has 0 aliphatic rings. The Morgan fingerprint density at radius 2 is 0.900 bits per heavy atom. The molecule has 0 aliphatic carbocycles. The number of halogens is 2. The first kappa shape index (κ1) is 22.8. The van der Waals surface area contributed by atoms with Gasteiger partial charge in [-0.2, -0.15) is 0 Å². The number of nitrogens with one attached hydrogen (secondary N) is 2. The molecular weight excluding hydrogens is 556 g/mol. The van der Waals surface area contributed by atoms with Crippen LogP contribution in [0.4, 0.5) is 11.4 Å². The van der Waals surface area contributed by atoms with E-state index in [-0.39, 0.29) is 21.2 Å². The van der Waals surface area contributed by atoms with Crippen LogP contribution in [-0.4, -0.2) is 16.8 Å². The van der Waals surface area contributed by atoms with Crippen LogP contribution >= 0.6 is 31.9 Å². The minimum atomic E-state index is -3.93. The van der Waals surface area contributed by atoms with Crippen molar-refractivity contribution in [1.29, 1.82) is 0 Å². The Hall–Kier alpha value is -1.88. The average molecular weight is 574 g/mol. The number of aryl methyl sites for hydroxylation is 2. The van der Waals surface area contributed by atoms with E-state index in [1.54, 1.807) is 24.3 Å². The number of hydrogen-bond donors (Lipinski definition) is 2. The Labute approximate surface area is 193 Å². The van der Waals surface area contributed by atoms with Gasteiger partial charge in [-0.25, -0.2) is 16.8 Å². The lowest BCUT2D eigenvalue weighted by molar-refractivity contribution is 0.599. The van der Waals surface area contributed by atoms with E-state index in [1.165, 1.54) is 36.4 Å². The third kappa shape index (κ3) is 5.23. The first-order valence-corrected chi connectivity index (χ1v) is 13.2. The number of benzene rings is 3. The molecular formula is C20H18Br2N2O4S2. The highest BCUT2D eigenvalue weighted by Gasteiger charge is 2.21. The molecule has 3 rings (SSSR count). The summed E-state index contributed by atoms with van der Waals surface area (Å²) in [5, 5.41) is 0. The van der Waals surface area contributed by atoms with Crippen LogP contribution in [0.1, 0.15) is 11.1 Å². The minimum absolute atomic E-state index is 0.0690. The van der Waals surface area contributed by atoms with Gasteiger partial charge in [-0.15, -0.1) is 0 Å². The molecule has 0 bridgehead atoms. The molecule has 0 saturated carbocycles. The highest BCUT2D eigenvalue weighted by Crippen LogP contribution is 2.35. The third-order valence-electron chi connectivity index (χ3n) is 4.21. The largest absolute Gasteiger partial charge is 0.277 e. The zero-order valence-electron chi connectivity index (χ0n) is 16.0. The van der Waals surface area contributed by atoms with Gasteiger partial charge < -0.3 is 0 Å². The van der Waals surface area contributed by atoms with Crippen LogP contribution in [0.3, 0.4) is 0 Å². The van der Waals surface area contributed by atoms with Gasteiger partial charge >= 0.3 is 0 Å². The van der Waals surface area contributed by atoms with Gasteiger partial charge in [-0.1, -0.05) is 35.4 Å². The zero-order valence-corrected chi connectivity index (χ0v) is 20.8. The van der Waals surface area contributed by atoms with Crippen molar-refractivity contribution < 1.29 is 16.8 Å². The second kappa shape index (κ2) is 8.70. The molecule has 0 heterocycles. The van der Waals surface area contributed by atoms with Crippen molar-refractivity contribution in [3.63, 3.8) is 0 Å². The SMILES string of the molecule is Cc1ccc(S(=O)(=O)Nc2cc(Br)c(Br)cc2NS(=O)(=O)c2ccc(C)cc2)cc1. The Kier molecular flexibility index (Phi) is 6.61. The Bertz CT molecular complexity index is 1190. The summed E-state index contributed by atoms with van der Waals surface area (Å²) in [6.45, 7) is 3.71. The number of sulfonamides is 2. The van der Waals surface area contributed by atoms with E-state index in [9.17, 15) is 16.8 Å². The first-order chi connectivity index (χ1) is 14.0. The molecule has 0 spiro atoms. The summed E-state index contributed by atoms with van der Waals surface area (Å²) in [5.74, 6) is 0. The predicted molar refractivity (Wildman–Crippen MR) is 126 cm³/mol. The van der Waals surface area contributed by atoms with Crippen molar-refractivity contribution in [2.75, 3.05) is 9.44 Å². The second-order valence-electron chi connectivity index (χ2n) is 6.65. The number of hydrogen-bond acceptors (Lipinski definition) is 4. The molecule has 30 heavy (non-hydrogen) atoms. The smallest absolute Gasteiger partial charge is 0.261 e. The Morgan fingerprint density at radius 1 is 0.600 bits per heavy atom. The van der Waals surface area contributed by atoms with Gasteiger partial charge in [0, 0.05) is 8.95 Å². The highest BCUT2D eigenvalue weighted by atomic mass is 79.9. The molecule has 158 valence electrons. The van der Waals surface area contributed by atoms with E-state index in [0.717, 1.165) is 11.1 Å². The minimum Gasteiger partial charge on any atom is -0.277 e. The molecule has 0 aliphatic heterocycles. The van der Waals surface area contributed by atoms with E-state index < -0.39 is 20.0 Å². The van der Waals surface area contributed by atoms with Crippen molar-refractivity contribution in [2.24, 2.45) is 0 Å². The maximum Gasteiger partial charge on any atom is 0.261 e. The third-order valence-corrected chi connectivity index (χ3v) is 8.82. The Morgan fingerprint density at radius 3 is 1.20 bits per heavy atom. The van der Waals surface area contributed by atoms with Crippen LogP contribution in [0.15, 0.2) is 79.4 Å². The average Bonchev–Trinajstić information content (AvgIpc) is 2.66. The molecule has 0 aromatic heterocycles. The van der Waals surface area contributed by atoms with Gasteiger partial charge in [0.15, 0.2) is 0 Å². The molecule has 0 radical (unpaired) electrons. The standard InChI is InChI=1S/C20H18Br2N2O4S2/c1-13-3-7-15(8-4-13)29(25,26)23-19-11-17(21)18(22)12-20(19)24-30(27,28)16-9-5-14(2)6-10-16/h3-12,23-24H,1-2H3. The van der Waals surface area contributed by atoms with Crippen molar-refractivity contribution >= 4 is 63.3 Å². The van der Waals surface area contributed by atoms with Gasteiger partial charge in [0.05, 0.1) is 21.2 Å². The fraction of sp³-hybridized carbons (Fsp3) is 0.100. The van der Waals surface area contributed by atoms with E-state index >= 15 is 0 Å². The topological polar surface area (TPSA) is 92.3 Å². The summed E-state index contributed by atoms with van der Waals surface area (Å²) in [6.07, 6.45) is 0. The fourth-order valence-corrected chi connectivity index (χ4v) is 5.39. The maximum atomic E-state index is 12.8. The van der Waals surface area contributed by atoms with Crippen LogP contribution in [0, 0.1) is 13.8 Å². The van der Waals surface area contributed by atoms with Gasteiger partial charge in [0.25, 0.3) is 20.0 Å². The molecule has 0 saturated heterocycles. The van der Waals surface area contributed by atoms with E-state index in [1.807, 2.05) is 13.8 Å². The van der Waals surface area contributed by atoms with Crippen molar-refractivity contribution in [3.8, 4) is 0 Å². The van der Waals surface area contributed by atoms with Crippen molar-refractivity contribution in [3.05, 3.63) is 80.7 Å². The summed E-state index contributed by atoms with van der Waals surface area (Å²) >= 11 is 6.65. The summed E-state index contributed by atoms with van der Waals surface area (Å²) in [4.78, 5) is 0.138. The van der Waals surface area contributed by atoms with Crippen molar-refractivity contribution in [2.45, 2.75) is 23.6 Å². The molecule has 3 aromatic carbocycles. The Balaban J connectivity index is 2.01. The second-order valence-corrected chi connectivity index (χ2v) is 11.7. The zero-order chi connectivity index (χ0) is 22.1. The lowest BCUT2D eigenvalue weighted by Gasteiger charge is -2.16. The summed E-state index contributed by atoms with van der Waals surface area (Å²) in [5.41, 5.74) is 2.02. The van der Waals surface area contributed by atoms with Gasteiger partial charge in [-0.3, -0.25) is 9.44 Å². The highest BCUT2D eigenvalue weighted by molar-refractivity contribution is 9.13. The van der Waals surface area contributed by atoms with Crippen LogP contribution < -0.4 is 9.44 Å². The van der Waals surface area contributed by atoms with Gasteiger partial charge in [-0.05, 0) is 82.1 Å². The monoisotopic (exact) mass is 572 g/mol. The lowest BCUT2D eigenvalue weighted by Crippen LogP contribution is -2.18. The molecule has 0 atom stereocenters. The lowest BCUT2D eigenvalue weighted by atomic mass is 10.2. The van der Waals surface area contributed by atoms with E-state index in [4.69, 9.17) is 0 Å². The van der Waals surface area contributed by atoms with Crippen LogP contribution in [-0.2, 0) is 20.0 Å². The summed E-state index contributed by atoms with van der Waals surface area (Å²) in [7, 11) is -7.86. The van der Waals surface area contributed by atoms with E-state index in [2.05, 4.69) is 41.3 Å². The van der Waals surface area contributed by atoms with Gasteiger partial charge in [0.2, 0.25) is 0 Å². The molecule has 0 fully saturated rings. The molecule has 2 N–H and O–H groups in total. The molecule has 6 nitrogen and oxygen atoms in total. The normalized spacial score (nSPS) is 11.9. The molecule has 0 amide bonds. The van der Waals surface area contributed by atoms with Crippen LogP contribution in [0.2, 0.25) is 0 Å². The number of rotatable bonds is 6. The molecule has 3 aromatic rings. The van der Waals surface area contributed by atoms with Gasteiger partial charge in [0.1, 0.15) is 0 Å². The molecule has 0 unspecified atom stereocenters. The summed E-state index contributed by atoms with van der Waals surface area (Å²) in [6, 6.07) is 15.7. The van der Waals surface area contributed by atoms with Crippen molar-refractivity contribution in [1.82, 2.24) is 0 Å². The van der Waals surface area contributed by atoms with Crippen LogP contribution in [0.25, 0.3) is 0 Å². The summed E-state index contributed by atoms with van der Waals surface area (Å²) < 4.78 is 57.3. The quantitative estimate of drug-likeness (QED) is 0.411. The van der Waals surface area contributed by atoms with Crippen LogP contribution in [0.5, 0.6) is 0 Å². The molecule has 10 heteroatoms. The first-order valence-electron chi connectivity index (χ1n) is 8.66.